The van der Waals surface area contributed by atoms with Gasteiger partial charge < -0.3 is 10.4 Å². The molecule has 2 aliphatic rings. The van der Waals surface area contributed by atoms with E-state index in [4.69, 9.17) is 5.11 Å². The Labute approximate surface area is 70.8 Å². The predicted octanol–water partition coefficient (Wildman–Crippen LogP) is 1.04. The van der Waals surface area contributed by atoms with E-state index in [9.17, 15) is 4.79 Å². The molecule has 12 heavy (non-hydrogen) atoms. The first kappa shape index (κ1) is 7.40. The Balaban J connectivity index is 2.26. The van der Waals surface area contributed by atoms with Crippen molar-refractivity contribution in [3.63, 3.8) is 0 Å². The molecule has 1 aliphatic carbocycles. The number of hydrogen-bond donors (Lipinski definition) is 2. The Kier molecular flexibility index (Phi) is 1.64. The largest absolute Gasteiger partial charge is 0.478 e. The molecule has 0 saturated heterocycles. The molecule has 0 unspecified atom stereocenters. The van der Waals surface area contributed by atoms with E-state index in [-0.39, 0.29) is 0 Å². The van der Waals surface area contributed by atoms with Crippen molar-refractivity contribution in [1.29, 1.82) is 0 Å². The highest BCUT2D eigenvalue weighted by Gasteiger charge is 2.20. The van der Waals surface area contributed by atoms with E-state index in [2.05, 4.69) is 5.32 Å². The first-order chi connectivity index (χ1) is 5.77. The van der Waals surface area contributed by atoms with Crippen LogP contribution in [0.2, 0.25) is 0 Å². The SMILES string of the molecule is O=C(O)C1=CC2=C(CCN2)CC1. The highest BCUT2D eigenvalue weighted by atomic mass is 16.4. The molecule has 1 heterocycles. The van der Waals surface area contributed by atoms with Crippen LogP contribution < -0.4 is 5.32 Å². The summed E-state index contributed by atoms with van der Waals surface area (Å²) < 4.78 is 0. The van der Waals surface area contributed by atoms with E-state index < -0.39 is 5.97 Å². The molecule has 0 atom stereocenters. The fourth-order valence-corrected chi connectivity index (χ4v) is 1.72. The van der Waals surface area contributed by atoms with Crippen molar-refractivity contribution in [3.8, 4) is 0 Å². The van der Waals surface area contributed by atoms with Gasteiger partial charge in [-0.3, -0.25) is 0 Å². The lowest BCUT2D eigenvalue weighted by molar-refractivity contribution is -0.132. The van der Waals surface area contributed by atoms with Crippen LogP contribution in [0.4, 0.5) is 0 Å². The van der Waals surface area contributed by atoms with Crippen molar-refractivity contribution in [2.75, 3.05) is 6.54 Å². The number of carboxylic acids is 1. The molecule has 1 aliphatic heterocycles. The summed E-state index contributed by atoms with van der Waals surface area (Å²) in [4.78, 5) is 10.6. The Morgan fingerprint density at radius 2 is 2.25 bits per heavy atom. The molecule has 0 saturated carbocycles. The molecule has 0 spiro atoms. The van der Waals surface area contributed by atoms with Gasteiger partial charge in [-0.05, 0) is 30.9 Å². The molecule has 0 aromatic carbocycles. The summed E-state index contributed by atoms with van der Waals surface area (Å²) in [6.45, 7) is 0.966. The predicted molar refractivity (Wildman–Crippen MR) is 44.6 cm³/mol. The summed E-state index contributed by atoms with van der Waals surface area (Å²) in [5, 5.41) is 11.9. The minimum absolute atomic E-state index is 0.531. The number of aliphatic carboxylic acids is 1. The zero-order chi connectivity index (χ0) is 8.55. The summed E-state index contributed by atoms with van der Waals surface area (Å²) in [6, 6.07) is 0. The average molecular weight is 165 g/mol. The zero-order valence-corrected chi connectivity index (χ0v) is 6.76. The second-order valence-electron chi connectivity index (χ2n) is 3.17. The lowest BCUT2D eigenvalue weighted by Gasteiger charge is -2.11. The number of carboxylic acid groups (broad SMARTS) is 1. The maximum Gasteiger partial charge on any atom is 0.331 e. The first-order valence-corrected chi connectivity index (χ1v) is 4.17. The maximum absolute atomic E-state index is 10.6. The van der Waals surface area contributed by atoms with E-state index in [0.717, 1.165) is 25.1 Å². The van der Waals surface area contributed by atoms with Crippen molar-refractivity contribution in [2.45, 2.75) is 19.3 Å². The molecule has 64 valence electrons. The Morgan fingerprint density at radius 1 is 1.42 bits per heavy atom. The lowest BCUT2D eigenvalue weighted by atomic mass is 9.96. The van der Waals surface area contributed by atoms with Crippen molar-refractivity contribution in [3.05, 3.63) is 22.9 Å². The standard InChI is InChI=1S/C9H11NO2/c11-9(12)7-2-1-6-3-4-10-8(6)5-7/h5,10H,1-4H2,(H,11,12). The van der Waals surface area contributed by atoms with Gasteiger partial charge in [-0.25, -0.2) is 4.79 Å². The quantitative estimate of drug-likeness (QED) is 0.610. The monoisotopic (exact) mass is 165 g/mol. The Morgan fingerprint density at radius 3 is 3.00 bits per heavy atom. The van der Waals surface area contributed by atoms with E-state index >= 15 is 0 Å². The molecule has 3 nitrogen and oxygen atoms in total. The van der Waals surface area contributed by atoms with Gasteiger partial charge >= 0.3 is 5.97 Å². The Hall–Kier alpha value is -1.25. The van der Waals surface area contributed by atoms with Crippen LogP contribution in [-0.2, 0) is 4.79 Å². The van der Waals surface area contributed by atoms with Gasteiger partial charge in [0.05, 0.1) is 0 Å². The van der Waals surface area contributed by atoms with Gasteiger partial charge in [0.2, 0.25) is 0 Å². The van der Waals surface area contributed by atoms with Crippen LogP contribution in [0.3, 0.4) is 0 Å². The molecule has 0 aromatic rings. The zero-order valence-electron chi connectivity index (χ0n) is 6.76. The second kappa shape index (κ2) is 2.66. The highest BCUT2D eigenvalue weighted by Crippen LogP contribution is 2.27. The third-order valence-electron chi connectivity index (χ3n) is 2.41. The summed E-state index contributed by atoms with van der Waals surface area (Å²) >= 11 is 0. The minimum Gasteiger partial charge on any atom is -0.478 e. The fourth-order valence-electron chi connectivity index (χ4n) is 1.72. The third-order valence-corrected chi connectivity index (χ3v) is 2.41. The molecule has 0 amide bonds. The van der Waals surface area contributed by atoms with Crippen LogP contribution in [-0.4, -0.2) is 17.6 Å². The normalized spacial score (nSPS) is 21.5. The molecule has 2 rings (SSSR count). The van der Waals surface area contributed by atoms with Gasteiger partial charge in [0.15, 0.2) is 0 Å². The second-order valence-corrected chi connectivity index (χ2v) is 3.17. The number of nitrogens with one attached hydrogen (secondary N) is 1. The van der Waals surface area contributed by atoms with Crippen molar-refractivity contribution in [2.24, 2.45) is 0 Å². The topological polar surface area (TPSA) is 49.3 Å². The van der Waals surface area contributed by atoms with Crippen LogP contribution in [0, 0.1) is 0 Å². The van der Waals surface area contributed by atoms with Crippen LogP contribution >= 0.6 is 0 Å². The molecule has 2 N–H and O–H groups in total. The summed E-state index contributed by atoms with van der Waals surface area (Å²) in [5.41, 5.74) is 2.97. The molecule has 0 radical (unpaired) electrons. The molecule has 0 bridgehead atoms. The van der Waals surface area contributed by atoms with Crippen LogP contribution in [0.1, 0.15) is 19.3 Å². The van der Waals surface area contributed by atoms with Crippen LogP contribution in [0.25, 0.3) is 0 Å². The Bertz CT molecular complexity index is 289. The summed E-state index contributed by atoms with van der Waals surface area (Å²) in [5.74, 6) is -0.782. The third kappa shape index (κ3) is 1.11. The van der Waals surface area contributed by atoms with Gasteiger partial charge in [0.1, 0.15) is 0 Å². The number of hydrogen-bond acceptors (Lipinski definition) is 2. The smallest absolute Gasteiger partial charge is 0.331 e. The van der Waals surface area contributed by atoms with E-state index in [1.165, 1.54) is 5.57 Å². The van der Waals surface area contributed by atoms with Crippen molar-refractivity contribution < 1.29 is 9.90 Å². The van der Waals surface area contributed by atoms with Gasteiger partial charge in [0.25, 0.3) is 0 Å². The molecule has 3 heteroatoms. The van der Waals surface area contributed by atoms with Gasteiger partial charge in [-0.15, -0.1) is 0 Å². The molecule has 0 fully saturated rings. The van der Waals surface area contributed by atoms with Gasteiger partial charge in [-0.2, -0.15) is 0 Å². The molecular weight excluding hydrogens is 154 g/mol. The molecular formula is C9H11NO2. The lowest BCUT2D eigenvalue weighted by Crippen LogP contribution is -2.10. The highest BCUT2D eigenvalue weighted by molar-refractivity contribution is 5.87. The van der Waals surface area contributed by atoms with E-state index in [0.29, 0.717) is 12.0 Å². The number of carbonyl (C=O) groups is 1. The average Bonchev–Trinajstić information content (AvgIpc) is 2.49. The van der Waals surface area contributed by atoms with Crippen LogP contribution in [0.15, 0.2) is 22.9 Å². The van der Waals surface area contributed by atoms with Crippen molar-refractivity contribution >= 4 is 5.97 Å². The number of rotatable bonds is 1. The van der Waals surface area contributed by atoms with Gasteiger partial charge in [-0.1, -0.05) is 0 Å². The van der Waals surface area contributed by atoms with Crippen molar-refractivity contribution in [1.82, 2.24) is 5.32 Å². The molecule has 0 aromatic heterocycles. The first-order valence-electron chi connectivity index (χ1n) is 4.17. The maximum atomic E-state index is 10.6. The van der Waals surface area contributed by atoms with E-state index in [1.807, 2.05) is 0 Å². The fraction of sp³-hybridized carbons (Fsp3) is 0.444. The summed E-state index contributed by atoms with van der Waals surface area (Å²) in [6.07, 6.45) is 4.46. The van der Waals surface area contributed by atoms with Gasteiger partial charge in [0, 0.05) is 17.8 Å². The van der Waals surface area contributed by atoms with E-state index in [1.54, 1.807) is 6.08 Å². The van der Waals surface area contributed by atoms with Crippen LogP contribution in [0.5, 0.6) is 0 Å². The summed E-state index contributed by atoms with van der Waals surface area (Å²) in [7, 11) is 0. The minimum atomic E-state index is -0.782. The number of allylic oxidation sites excluding steroid dienone is 1.